The van der Waals surface area contributed by atoms with Crippen molar-refractivity contribution < 1.29 is 9.90 Å². The zero-order valence-corrected chi connectivity index (χ0v) is 16.6. The van der Waals surface area contributed by atoms with Crippen LogP contribution in [0.5, 0.6) is 0 Å². The van der Waals surface area contributed by atoms with Gasteiger partial charge in [-0.15, -0.1) is 0 Å². The van der Waals surface area contributed by atoms with Crippen molar-refractivity contribution in [3.05, 3.63) is 35.9 Å². The summed E-state index contributed by atoms with van der Waals surface area (Å²) in [6.45, 7) is 7.89. The molecule has 0 radical (unpaired) electrons. The Labute approximate surface area is 158 Å². The Hall–Kier alpha value is -1.39. The molecule has 1 amide bonds. The fraction of sp³-hybridized carbons (Fsp3) is 0.682. The van der Waals surface area contributed by atoms with Crippen molar-refractivity contribution in [1.29, 1.82) is 0 Å². The molecule has 2 fully saturated rings. The van der Waals surface area contributed by atoms with Gasteiger partial charge in [-0.05, 0) is 50.8 Å². The Morgan fingerprint density at radius 2 is 2.00 bits per heavy atom. The van der Waals surface area contributed by atoms with Crippen LogP contribution >= 0.6 is 0 Å². The summed E-state index contributed by atoms with van der Waals surface area (Å²) in [5, 5.41) is 10.1. The number of rotatable bonds is 6. The predicted octanol–water partition coefficient (Wildman–Crippen LogP) is 2.81. The van der Waals surface area contributed by atoms with Crippen molar-refractivity contribution in [3.63, 3.8) is 0 Å². The molecule has 2 saturated heterocycles. The quantitative estimate of drug-likeness (QED) is 0.850. The summed E-state index contributed by atoms with van der Waals surface area (Å²) in [5.74, 6) is 0.658. The SMILES string of the molecule is CN1CC[C@@]2(CO)CN(C(=O)C(C)(C)CCCc3ccccc3)C[C@H]2C1. The summed E-state index contributed by atoms with van der Waals surface area (Å²) < 4.78 is 0. The monoisotopic (exact) mass is 358 g/mol. The second-order valence-electron chi connectivity index (χ2n) is 9.14. The van der Waals surface area contributed by atoms with Gasteiger partial charge in [0, 0.05) is 30.5 Å². The summed E-state index contributed by atoms with van der Waals surface area (Å²) >= 11 is 0. The molecule has 2 aliphatic rings. The number of piperidine rings is 1. The van der Waals surface area contributed by atoms with Crippen LogP contribution in [0.1, 0.15) is 38.7 Å². The number of carbonyl (C=O) groups excluding carboxylic acids is 1. The Morgan fingerprint density at radius 1 is 1.27 bits per heavy atom. The van der Waals surface area contributed by atoms with E-state index in [4.69, 9.17) is 0 Å². The van der Waals surface area contributed by atoms with Crippen molar-refractivity contribution in [2.45, 2.75) is 39.5 Å². The molecule has 1 aromatic rings. The lowest BCUT2D eigenvalue weighted by atomic mass is 9.73. The summed E-state index contributed by atoms with van der Waals surface area (Å²) in [6, 6.07) is 10.5. The maximum absolute atomic E-state index is 13.2. The van der Waals surface area contributed by atoms with E-state index in [-0.39, 0.29) is 23.3 Å². The van der Waals surface area contributed by atoms with Gasteiger partial charge in [0.1, 0.15) is 0 Å². The van der Waals surface area contributed by atoms with Crippen LogP contribution in [0, 0.1) is 16.7 Å². The number of amides is 1. The molecular weight excluding hydrogens is 324 g/mol. The third kappa shape index (κ3) is 3.96. The van der Waals surface area contributed by atoms with Crippen molar-refractivity contribution in [2.75, 3.05) is 39.8 Å². The molecular formula is C22H34N2O2. The minimum Gasteiger partial charge on any atom is -0.396 e. The van der Waals surface area contributed by atoms with E-state index in [1.165, 1.54) is 5.56 Å². The number of aryl methyl sites for hydroxylation is 1. The van der Waals surface area contributed by atoms with Crippen LogP contribution < -0.4 is 0 Å². The largest absolute Gasteiger partial charge is 0.396 e. The van der Waals surface area contributed by atoms with E-state index < -0.39 is 0 Å². The van der Waals surface area contributed by atoms with Crippen LogP contribution in [0.25, 0.3) is 0 Å². The molecule has 3 rings (SSSR count). The topological polar surface area (TPSA) is 43.8 Å². The summed E-state index contributed by atoms with van der Waals surface area (Å²) in [4.78, 5) is 17.6. The number of hydrogen-bond acceptors (Lipinski definition) is 3. The normalized spacial score (nSPS) is 26.8. The molecule has 1 N–H and O–H groups in total. The van der Waals surface area contributed by atoms with E-state index in [0.717, 1.165) is 51.9 Å². The van der Waals surface area contributed by atoms with Gasteiger partial charge in [-0.3, -0.25) is 4.79 Å². The summed E-state index contributed by atoms with van der Waals surface area (Å²) in [7, 11) is 2.14. The van der Waals surface area contributed by atoms with Gasteiger partial charge in [-0.2, -0.15) is 0 Å². The number of hydrogen-bond donors (Lipinski definition) is 1. The van der Waals surface area contributed by atoms with E-state index in [1.54, 1.807) is 0 Å². The Bertz CT molecular complexity index is 616. The van der Waals surface area contributed by atoms with Crippen LogP contribution in [0.2, 0.25) is 0 Å². The van der Waals surface area contributed by atoms with Crippen LogP contribution in [0.15, 0.2) is 30.3 Å². The lowest BCUT2D eigenvalue weighted by molar-refractivity contribution is -0.140. The van der Waals surface area contributed by atoms with Gasteiger partial charge >= 0.3 is 0 Å². The molecule has 1 aromatic carbocycles. The van der Waals surface area contributed by atoms with Gasteiger partial charge in [-0.1, -0.05) is 44.2 Å². The standard InChI is InChI=1S/C22H34N2O2/c1-21(2,11-7-10-18-8-5-4-6-9-18)20(26)24-15-19-14-23(3)13-12-22(19,16-24)17-25/h4-6,8-9,19,25H,7,10-17H2,1-3H3/t19-,22+/m1/s1. The summed E-state index contributed by atoms with van der Waals surface area (Å²) in [6.07, 6.45) is 3.93. The second-order valence-corrected chi connectivity index (χ2v) is 9.14. The van der Waals surface area contributed by atoms with Crippen molar-refractivity contribution in [3.8, 4) is 0 Å². The Morgan fingerprint density at radius 3 is 2.69 bits per heavy atom. The molecule has 4 nitrogen and oxygen atoms in total. The fourth-order valence-corrected chi connectivity index (χ4v) is 4.78. The molecule has 2 aliphatic heterocycles. The van der Waals surface area contributed by atoms with Gasteiger partial charge in [0.15, 0.2) is 0 Å². The molecule has 2 heterocycles. The smallest absolute Gasteiger partial charge is 0.228 e. The molecule has 0 spiro atoms. The third-order valence-corrected chi connectivity index (χ3v) is 6.63. The van der Waals surface area contributed by atoms with Crippen LogP contribution in [0.3, 0.4) is 0 Å². The highest BCUT2D eigenvalue weighted by atomic mass is 16.3. The van der Waals surface area contributed by atoms with Crippen molar-refractivity contribution >= 4 is 5.91 Å². The highest BCUT2D eigenvalue weighted by Crippen LogP contribution is 2.43. The van der Waals surface area contributed by atoms with E-state index in [0.29, 0.717) is 5.92 Å². The number of aliphatic hydroxyl groups excluding tert-OH is 1. The number of benzene rings is 1. The second kappa shape index (κ2) is 7.69. The lowest BCUT2D eigenvalue weighted by Crippen LogP contribution is -2.47. The van der Waals surface area contributed by atoms with Crippen LogP contribution in [-0.2, 0) is 11.2 Å². The first kappa shape index (κ1) is 19.4. The maximum atomic E-state index is 13.2. The Balaban J connectivity index is 1.59. The first-order chi connectivity index (χ1) is 12.4. The van der Waals surface area contributed by atoms with E-state index in [9.17, 15) is 9.90 Å². The van der Waals surface area contributed by atoms with Crippen LogP contribution in [0.4, 0.5) is 0 Å². The first-order valence-corrected chi connectivity index (χ1v) is 9.99. The predicted molar refractivity (Wildman–Crippen MR) is 105 cm³/mol. The number of likely N-dealkylation sites (tertiary alicyclic amines) is 2. The fourth-order valence-electron chi connectivity index (χ4n) is 4.78. The number of aliphatic hydroxyl groups is 1. The van der Waals surface area contributed by atoms with Crippen LogP contribution in [-0.4, -0.2) is 60.6 Å². The maximum Gasteiger partial charge on any atom is 0.228 e. The van der Waals surface area contributed by atoms with Gasteiger partial charge in [-0.25, -0.2) is 0 Å². The highest BCUT2D eigenvalue weighted by Gasteiger charge is 2.51. The zero-order chi connectivity index (χ0) is 18.8. The number of fused-ring (bicyclic) bond motifs is 1. The van der Waals surface area contributed by atoms with E-state index >= 15 is 0 Å². The van der Waals surface area contributed by atoms with Crippen molar-refractivity contribution in [1.82, 2.24) is 9.80 Å². The van der Waals surface area contributed by atoms with Crippen molar-refractivity contribution in [2.24, 2.45) is 16.7 Å². The minimum absolute atomic E-state index is 0.0811. The average Bonchev–Trinajstić information content (AvgIpc) is 3.01. The van der Waals surface area contributed by atoms with Gasteiger partial charge < -0.3 is 14.9 Å². The van der Waals surface area contributed by atoms with Gasteiger partial charge in [0.05, 0.1) is 6.61 Å². The molecule has 26 heavy (non-hydrogen) atoms. The zero-order valence-electron chi connectivity index (χ0n) is 16.6. The summed E-state index contributed by atoms with van der Waals surface area (Å²) in [5.41, 5.74) is 0.915. The van der Waals surface area contributed by atoms with Gasteiger partial charge in [0.25, 0.3) is 0 Å². The lowest BCUT2D eigenvalue weighted by Gasteiger charge is -2.40. The Kier molecular flexibility index (Phi) is 5.73. The molecule has 4 heteroatoms. The molecule has 144 valence electrons. The van der Waals surface area contributed by atoms with Gasteiger partial charge in [0.2, 0.25) is 5.91 Å². The minimum atomic E-state index is -0.342. The van der Waals surface area contributed by atoms with E-state index in [2.05, 4.69) is 50.1 Å². The number of nitrogens with zero attached hydrogens (tertiary/aromatic N) is 2. The van der Waals surface area contributed by atoms with E-state index in [1.807, 2.05) is 11.0 Å². The highest BCUT2D eigenvalue weighted by molar-refractivity contribution is 5.82. The number of carbonyl (C=O) groups is 1. The first-order valence-electron chi connectivity index (χ1n) is 9.99. The molecule has 0 aliphatic carbocycles. The third-order valence-electron chi connectivity index (χ3n) is 6.63. The molecule has 0 saturated carbocycles. The molecule has 0 bridgehead atoms. The molecule has 0 aromatic heterocycles. The molecule has 0 unspecified atom stereocenters. The molecule has 2 atom stereocenters. The average molecular weight is 359 g/mol.